The molecule has 1 saturated heterocycles. The van der Waals surface area contributed by atoms with E-state index in [1.54, 1.807) is 6.26 Å². The van der Waals surface area contributed by atoms with Crippen LogP contribution in [0.5, 0.6) is 0 Å². The van der Waals surface area contributed by atoms with Gasteiger partial charge in [0.05, 0.1) is 12.3 Å². The number of rotatable bonds is 4. The summed E-state index contributed by atoms with van der Waals surface area (Å²) in [4.78, 5) is 0. The van der Waals surface area contributed by atoms with Crippen molar-refractivity contribution in [3.05, 3.63) is 24.2 Å². The molecular weight excluding hydrogens is 176 g/mol. The Labute approximate surface area is 84.9 Å². The predicted molar refractivity (Wildman–Crippen MR) is 56.2 cm³/mol. The lowest BCUT2D eigenvalue weighted by molar-refractivity contribution is 0.412. The molecule has 0 aromatic carbocycles. The molecule has 14 heavy (non-hydrogen) atoms. The van der Waals surface area contributed by atoms with Crippen LogP contribution in [0, 0.1) is 0 Å². The zero-order valence-corrected chi connectivity index (χ0v) is 8.62. The van der Waals surface area contributed by atoms with E-state index in [1.807, 2.05) is 12.1 Å². The molecule has 0 radical (unpaired) electrons. The molecule has 1 aliphatic heterocycles. The van der Waals surface area contributed by atoms with Crippen molar-refractivity contribution in [2.45, 2.75) is 31.8 Å². The van der Waals surface area contributed by atoms with E-state index in [-0.39, 0.29) is 0 Å². The first-order valence-electron chi connectivity index (χ1n) is 5.36. The summed E-state index contributed by atoms with van der Waals surface area (Å²) in [6, 6.07) is 4.90. The minimum atomic E-state index is 0.312. The molecule has 2 atom stereocenters. The van der Waals surface area contributed by atoms with Gasteiger partial charge in [-0.2, -0.15) is 0 Å². The summed E-state index contributed by atoms with van der Waals surface area (Å²) in [6.07, 6.45) is 4.32. The topological polar surface area (TPSA) is 37.2 Å². The third-order valence-electron chi connectivity index (χ3n) is 2.80. The first-order valence-corrected chi connectivity index (χ1v) is 5.36. The van der Waals surface area contributed by atoms with Gasteiger partial charge in [0.25, 0.3) is 0 Å². The molecule has 0 bridgehead atoms. The third kappa shape index (κ3) is 2.36. The molecule has 0 unspecified atom stereocenters. The van der Waals surface area contributed by atoms with Crippen LogP contribution in [0.25, 0.3) is 0 Å². The number of hydrogen-bond donors (Lipinski definition) is 2. The molecule has 2 rings (SSSR count). The quantitative estimate of drug-likeness (QED) is 0.765. The fourth-order valence-corrected chi connectivity index (χ4v) is 1.89. The van der Waals surface area contributed by atoms with Crippen LogP contribution < -0.4 is 10.6 Å². The van der Waals surface area contributed by atoms with Crippen molar-refractivity contribution < 1.29 is 4.42 Å². The lowest BCUT2D eigenvalue weighted by Crippen LogP contribution is -2.35. The Bertz CT molecular complexity index is 252. The van der Waals surface area contributed by atoms with Gasteiger partial charge in [-0.3, -0.25) is 0 Å². The SMILES string of the molecule is C[C@@H](NC[C@H]1CCCN1)c1ccco1. The molecule has 0 spiro atoms. The van der Waals surface area contributed by atoms with Gasteiger partial charge in [0.2, 0.25) is 0 Å². The molecule has 0 amide bonds. The van der Waals surface area contributed by atoms with E-state index < -0.39 is 0 Å². The normalized spacial score (nSPS) is 23.9. The van der Waals surface area contributed by atoms with Gasteiger partial charge in [-0.25, -0.2) is 0 Å². The van der Waals surface area contributed by atoms with E-state index in [0.29, 0.717) is 12.1 Å². The lowest BCUT2D eigenvalue weighted by Gasteiger charge is -2.15. The van der Waals surface area contributed by atoms with Gasteiger partial charge >= 0.3 is 0 Å². The molecule has 78 valence electrons. The zero-order valence-electron chi connectivity index (χ0n) is 8.62. The maximum Gasteiger partial charge on any atom is 0.120 e. The highest BCUT2D eigenvalue weighted by molar-refractivity contribution is 5.03. The van der Waals surface area contributed by atoms with Crippen molar-refractivity contribution in [2.75, 3.05) is 13.1 Å². The largest absolute Gasteiger partial charge is 0.468 e. The molecule has 1 fully saturated rings. The second-order valence-electron chi connectivity index (χ2n) is 3.94. The van der Waals surface area contributed by atoms with Crippen LogP contribution in [0.2, 0.25) is 0 Å². The third-order valence-corrected chi connectivity index (χ3v) is 2.80. The smallest absolute Gasteiger partial charge is 0.120 e. The van der Waals surface area contributed by atoms with Crippen LogP contribution in [0.1, 0.15) is 31.6 Å². The molecular formula is C11H18N2O. The van der Waals surface area contributed by atoms with Gasteiger partial charge in [0.15, 0.2) is 0 Å². The van der Waals surface area contributed by atoms with Gasteiger partial charge in [0, 0.05) is 12.6 Å². The molecule has 1 aromatic rings. The van der Waals surface area contributed by atoms with Crippen LogP contribution in [-0.2, 0) is 0 Å². The Morgan fingerprint density at radius 1 is 1.71 bits per heavy atom. The van der Waals surface area contributed by atoms with Crippen molar-refractivity contribution in [3.63, 3.8) is 0 Å². The van der Waals surface area contributed by atoms with E-state index >= 15 is 0 Å². The molecule has 3 nitrogen and oxygen atoms in total. The van der Waals surface area contributed by atoms with E-state index in [9.17, 15) is 0 Å². The van der Waals surface area contributed by atoms with Gasteiger partial charge < -0.3 is 15.1 Å². The van der Waals surface area contributed by atoms with Crippen molar-refractivity contribution in [1.82, 2.24) is 10.6 Å². The summed E-state index contributed by atoms with van der Waals surface area (Å²) < 4.78 is 5.33. The summed E-state index contributed by atoms with van der Waals surface area (Å²) in [5, 5.41) is 6.93. The maximum absolute atomic E-state index is 5.33. The molecule has 1 aromatic heterocycles. The summed E-state index contributed by atoms with van der Waals surface area (Å²) in [6.45, 7) is 4.33. The van der Waals surface area contributed by atoms with Crippen molar-refractivity contribution in [3.8, 4) is 0 Å². The van der Waals surface area contributed by atoms with Gasteiger partial charge in [-0.15, -0.1) is 0 Å². The van der Waals surface area contributed by atoms with Gasteiger partial charge in [-0.05, 0) is 38.4 Å². The molecule has 3 heteroatoms. The minimum Gasteiger partial charge on any atom is -0.468 e. The number of nitrogens with one attached hydrogen (secondary N) is 2. The first kappa shape index (κ1) is 9.74. The monoisotopic (exact) mass is 194 g/mol. The van der Waals surface area contributed by atoms with Crippen LogP contribution >= 0.6 is 0 Å². The summed E-state index contributed by atoms with van der Waals surface area (Å²) >= 11 is 0. The van der Waals surface area contributed by atoms with Gasteiger partial charge in [0.1, 0.15) is 5.76 Å². The Hall–Kier alpha value is -0.800. The van der Waals surface area contributed by atoms with Crippen molar-refractivity contribution in [2.24, 2.45) is 0 Å². The Morgan fingerprint density at radius 3 is 3.29 bits per heavy atom. The highest BCUT2D eigenvalue weighted by Gasteiger charge is 2.15. The number of hydrogen-bond acceptors (Lipinski definition) is 3. The first-order chi connectivity index (χ1) is 6.86. The van der Waals surface area contributed by atoms with Crippen molar-refractivity contribution >= 4 is 0 Å². The van der Waals surface area contributed by atoms with Crippen LogP contribution in [-0.4, -0.2) is 19.1 Å². The van der Waals surface area contributed by atoms with Crippen LogP contribution in [0.4, 0.5) is 0 Å². The molecule has 0 aliphatic carbocycles. The van der Waals surface area contributed by atoms with E-state index in [4.69, 9.17) is 4.42 Å². The molecule has 1 aliphatic rings. The highest BCUT2D eigenvalue weighted by Crippen LogP contribution is 2.12. The molecule has 2 heterocycles. The fraction of sp³-hybridized carbons (Fsp3) is 0.636. The van der Waals surface area contributed by atoms with E-state index in [1.165, 1.54) is 19.4 Å². The average molecular weight is 194 g/mol. The van der Waals surface area contributed by atoms with E-state index in [0.717, 1.165) is 12.3 Å². The Balaban J connectivity index is 1.74. The molecule has 2 N–H and O–H groups in total. The van der Waals surface area contributed by atoms with Crippen molar-refractivity contribution in [1.29, 1.82) is 0 Å². The number of furan rings is 1. The summed E-state index contributed by atoms with van der Waals surface area (Å²) in [5.41, 5.74) is 0. The highest BCUT2D eigenvalue weighted by atomic mass is 16.3. The summed E-state index contributed by atoms with van der Waals surface area (Å²) in [7, 11) is 0. The fourth-order valence-electron chi connectivity index (χ4n) is 1.89. The molecule has 0 saturated carbocycles. The lowest BCUT2D eigenvalue weighted by atomic mass is 10.2. The second-order valence-corrected chi connectivity index (χ2v) is 3.94. The van der Waals surface area contributed by atoms with E-state index in [2.05, 4.69) is 17.6 Å². The van der Waals surface area contributed by atoms with Crippen LogP contribution in [0.3, 0.4) is 0 Å². The Kier molecular flexibility index (Phi) is 3.22. The standard InChI is InChI=1S/C11H18N2O/c1-9(11-5-3-7-14-11)13-8-10-4-2-6-12-10/h3,5,7,9-10,12-13H,2,4,6,8H2,1H3/t9-,10-/m1/s1. The minimum absolute atomic E-state index is 0.312. The maximum atomic E-state index is 5.33. The zero-order chi connectivity index (χ0) is 9.80. The second kappa shape index (κ2) is 4.62. The van der Waals surface area contributed by atoms with Gasteiger partial charge in [-0.1, -0.05) is 0 Å². The predicted octanol–water partition coefficient (Wildman–Crippen LogP) is 1.68. The summed E-state index contributed by atoms with van der Waals surface area (Å²) in [5.74, 6) is 1.02. The Morgan fingerprint density at radius 2 is 2.64 bits per heavy atom. The van der Waals surface area contributed by atoms with Crippen LogP contribution in [0.15, 0.2) is 22.8 Å². The average Bonchev–Trinajstić information content (AvgIpc) is 2.87.